The van der Waals surface area contributed by atoms with Gasteiger partial charge in [0.2, 0.25) is 5.91 Å². The largest absolute Gasteiger partial charge is 0.353 e. The van der Waals surface area contributed by atoms with Crippen molar-refractivity contribution in [1.29, 1.82) is 0 Å². The van der Waals surface area contributed by atoms with Crippen molar-refractivity contribution in [2.75, 3.05) is 5.75 Å². The number of amides is 1. The minimum absolute atomic E-state index is 0.00702. The molecule has 5 nitrogen and oxygen atoms in total. The smallest absolute Gasteiger partial charge is 0.230 e. The molecule has 1 N–H and O–H groups in total. The van der Waals surface area contributed by atoms with Crippen LogP contribution in [0.4, 0.5) is 4.39 Å². The van der Waals surface area contributed by atoms with Crippen LogP contribution < -0.4 is 5.32 Å². The average Bonchev–Trinajstić information content (AvgIpc) is 3.37. The molecule has 3 aromatic rings. The van der Waals surface area contributed by atoms with Crippen LogP contribution in [0.3, 0.4) is 0 Å². The average molecular weight is 368 g/mol. The van der Waals surface area contributed by atoms with E-state index in [9.17, 15) is 9.18 Å². The van der Waals surface area contributed by atoms with Gasteiger partial charge in [0.05, 0.1) is 5.75 Å². The highest BCUT2D eigenvalue weighted by molar-refractivity contribution is 7.99. The molecule has 1 aromatic heterocycles. The zero-order chi connectivity index (χ0) is 17.9. The van der Waals surface area contributed by atoms with Crippen molar-refractivity contribution in [3.63, 3.8) is 0 Å². The third kappa shape index (κ3) is 3.77. The van der Waals surface area contributed by atoms with Gasteiger partial charge in [-0.3, -0.25) is 9.36 Å². The van der Waals surface area contributed by atoms with Crippen molar-refractivity contribution in [1.82, 2.24) is 20.1 Å². The fourth-order valence-corrected chi connectivity index (χ4v) is 3.35. The number of nitrogens with zero attached hydrogens (tertiary/aromatic N) is 3. The van der Waals surface area contributed by atoms with Gasteiger partial charge in [-0.1, -0.05) is 42.1 Å². The molecule has 132 valence electrons. The van der Waals surface area contributed by atoms with Gasteiger partial charge in [0.25, 0.3) is 0 Å². The molecular weight excluding hydrogens is 351 g/mol. The molecular formula is C19H17FN4OS. The van der Waals surface area contributed by atoms with E-state index in [1.807, 2.05) is 34.9 Å². The van der Waals surface area contributed by atoms with Crippen LogP contribution in [0.15, 0.2) is 59.8 Å². The van der Waals surface area contributed by atoms with Crippen molar-refractivity contribution in [2.24, 2.45) is 0 Å². The lowest BCUT2D eigenvalue weighted by molar-refractivity contribution is -0.118. The minimum Gasteiger partial charge on any atom is -0.353 e. The first-order valence-electron chi connectivity index (χ1n) is 8.39. The Morgan fingerprint density at radius 1 is 1.12 bits per heavy atom. The fraction of sp³-hybridized carbons (Fsp3) is 0.211. The van der Waals surface area contributed by atoms with Crippen molar-refractivity contribution in [3.8, 4) is 17.1 Å². The number of carbonyl (C=O) groups excluding carboxylic acids is 1. The first kappa shape index (κ1) is 16.8. The first-order chi connectivity index (χ1) is 12.7. The van der Waals surface area contributed by atoms with Crippen molar-refractivity contribution in [3.05, 3.63) is 60.4 Å². The van der Waals surface area contributed by atoms with Gasteiger partial charge >= 0.3 is 0 Å². The quantitative estimate of drug-likeness (QED) is 0.677. The van der Waals surface area contributed by atoms with E-state index in [2.05, 4.69) is 15.5 Å². The molecule has 1 amide bonds. The van der Waals surface area contributed by atoms with Crippen LogP contribution in [0, 0.1) is 5.82 Å². The van der Waals surface area contributed by atoms with Gasteiger partial charge in [0, 0.05) is 17.3 Å². The minimum atomic E-state index is -0.305. The van der Waals surface area contributed by atoms with E-state index in [1.54, 1.807) is 12.1 Å². The van der Waals surface area contributed by atoms with Crippen LogP contribution >= 0.6 is 11.8 Å². The fourth-order valence-electron chi connectivity index (χ4n) is 2.59. The molecule has 4 rings (SSSR count). The van der Waals surface area contributed by atoms with E-state index in [4.69, 9.17) is 0 Å². The zero-order valence-electron chi connectivity index (χ0n) is 13.9. The lowest BCUT2D eigenvalue weighted by atomic mass is 10.2. The number of halogens is 1. The molecule has 1 fully saturated rings. The Bertz CT molecular complexity index is 907. The molecule has 0 bridgehead atoms. The number of nitrogens with one attached hydrogen (secondary N) is 1. The number of hydrogen-bond donors (Lipinski definition) is 1. The summed E-state index contributed by atoms with van der Waals surface area (Å²) in [4.78, 5) is 12.0. The second-order valence-electron chi connectivity index (χ2n) is 6.11. The highest BCUT2D eigenvalue weighted by Gasteiger charge is 2.24. The molecule has 7 heteroatoms. The Morgan fingerprint density at radius 3 is 2.54 bits per heavy atom. The maximum atomic E-state index is 13.3. The van der Waals surface area contributed by atoms with Crippen molar-refractivity contribution >= 4 is 17.7 Å². The third-order valence-corrected chi connectivity index (χ3v) is 4.95. The summed E-state index contributed by atoms with van der Waals surface area (Å²) in [6, 6.07) is 16.2. The number of thioether (sulfide) groups is 1. The Labute approximate surface area is 154 Å². The van der Waals surface area contributed by atoms with Crippen molar-refractivity contribution in [2.45, 2.75) is 24.0 Å². The molecule has 26 heavy (non-hydrogen) atoms. The summed E-state index contributed by atoms with van der Waals surface area (Å²) in [6.07, 6.45) is 2.11. The predicted octanol–water partition coefficient (Wildman–Crippen LogP) is 3.44. The van der Waals surface area contributed by atoms with Crippen LogP contribution in [0.2, 0.25) is 0 Å². The molecule has 0 saturated heterocycles. The Kier molecular flexibility index (Phi) is 4.71. The SMILES string of the molecule is O=C(CSc1nnc(-c2ccccc2)n1-c1ccc(F)cc1)NC1CC1. The van der Waals surface area contributed by atoms with Crippen LogP contribution in [-0.4, -0.2) is 32.5 Å². The summed E-state index contributed by atoms with van der Waals surface area (Å²) in [6.45, 7) is 0. The molecule has 1 aliphatic carbocycles. The van der Waals surface area contributed by atoms with E-state index in [0.717, 1.165) is 24.1 Å². The van der Waals surface area contributed by atoms with Gasteiger partial charge in [-0.2, -0.15) is 0 Å². The summed E-state index contributed by atoms with van der Waals surface area (Å²) in [5, 5.41) is 12.1. The van der Waals surface area contributed by atoms with Gasteiger partial charge in [0.1, 0.15) is 5.82 Å². The molecule has 0 aliphatic heterocycles. The van der Waals surface area contributed by atoms with Crippen LogP contribution in [0.1, 0.15) is 12.8 Å². The molecule has 0 unspecified atom stereocenters. The number of carbonyl (C=O) groups is 1. The van der Waals surface area contributed by atoms with E-state index in [-0.39, 0.29) is 17.5 Å². The highest BCUT2D eigenvalue weighted by Crippen LogP contribution is 2.28. The standard InChI is InChI=1S/C19H17FN4OS/c20-14-6-10-16(11-7-14)24-18(13-4-2-1-3-5-13)22-23-19(24)26-12-17(25)21-15-8-9-15/h1-7,10-11,15H,8-9,12H2,(H,21,25). The normalized spacial score (nSPS) is 13.6. The van der Waals surface area contributed by atoms with Crippen LogP contribution in [-0.2, 0) is 4.79 Å². The number of benzene rings is 2. The van der Waals surface area contributed by atoms with E-state index >= 15 is 0 Å². The van der Waals surface area contributed by atoms with Gasteiger partial charge in [0.15, 0.2) is 11.0 Å². The lowest BCUT2D eigenvalue weighted by Crippen LogP contribution is -2.27. The Balaban J connectivity index is 1.65. The predicted molar refractivity (Wildman–Crippen MR) is 98.6 cm³/mol. The molecule has 0 atom stereocenters. The van der Waals surface area contributed by atoms with Gasteiger partial charge in [-0.05, 0) is 37.1 Å². The molecule has 1 aliphatic rings. The topological polar surface area (TPSA) is 59.8 Å². The third-order valence-electron chi connectivity index (χ3n) is 4.02. The molecule has 1 heterocycles. The van der Waals surface area contributed by atoms with Crippen molar-refractivity contribution < 1.29 is 9.18 Å². The summed E-state index contributed by atoms with van der Waals surface area (Å²) < 4.78 is 15.2. The number of hydrogen-bond acceptors (Lipinski definition) is 4. The van der Waals surface area contributed by atoms with Crippen LogP contribution in [0.5, 0.6) is 0 Å². The monoisotopic (exact) mass is 368 g/mol. The molecule has 2 aromatic carbocycles. The van der Waals surface area contributed by atoms with Gasteiger partial charge in [-0.25, -0.2) is 4.39 Å². The van der Waals surface area contributed by atoms with E-state index < -0.39 is 0 Å². The summed E-state index contributed by atoms with van der Waals surface area (Å²) in [5.41, 5.74) is 1.65. The molecule has 1 saturated carbocycles. The summed E-state index contributed by atoms with van der Waals surface area (Å²) in [5.74, 6) is 0.612. The number of aromatic nitrogens is 3. The Morgan fingerprint density at radius 2 is 1.85 bits per heavy atom. The van der Waals surface area contributed by atoms with Gasteiger partial charge < -0.3 is 5.32 Å². The summed E-state index contributed by atoms with van der Waals surface area (Å²) >= 11 is 1.32. The maximum Gasteiger partial charge on any atom is 0.230 e. The zero-order valence-corrected chi connectivity index (χ0v) is 14.7. The van der Waals surface area contributed by atoms with E-state index in [0.29, 0.717) is 17.0 Å². The highest BCUT2D eigenvalue weighted by atomic mass is 32.2. The number of rotatable bonds is 6. The Hall–Kier alpha value is -2.67. The summed E-state index contributed by atoms with van der Waals surface area (Å²) in [7, 11) is 0. The first-order valence-corrected chi connectivity index (χ1v) is 9.38. The molecule has 0 radical (unpaired) electrons. The maximum absolute atomic E-state index is 13.3. The van der Waals surface area contributed by atoms with E-state index in [1.165, 1.54) is 23.9 Å². The second-order valence-corrected chi connectivity index (χ2v) is 7.06. The van der Waals surface area contributed by atoms with Crippen LogP contribution in [0.25, 0.3) is 17.1 Å². The molecule has 0 spiro atoms. The second kappa shape index (κ2) is 7.29. The lowest BCUT2D eigenvalue weighted by Gasteiger charge is -2.10. The van der Waals surface area contributed by atoms with Gasteiger partial charge in [-0.15, -0.1) is 10.2 Å².